The molecule has 0 aliphatic carbocycles. The molecule has 240 valence electrons. The molecule has 1 amide bonds. The van der Waals surface area contributed by atoms with Crippen molar-refractivity contribution in [1.82, 2.24) is 9.88 Å². The lowest BCUT2D eigenvalue weighted by molar-refractivity contribution is -0.137. The Morgan fingerprint density at radius 2 is 1.67 bits per heavy atom. The molecule has 1 aromatic heterocycles. The minimum absolute atomic E-state index is 0.0548. The van der Waals surface area contributed by atoms with Crippen LogP contribution in [-0.4, -0.2) is 72.0 Å². The molecule has 0 bridgehead atoms. The molecule has 0 unspecified atom stereocenters. The first-order chi connectivity index (χ1) is 22.1. The summed E-state index contributed by atoms with van der Waals surface area (Å²) in [5.74, 6) is -1.56. The number of fused-ring (bicyclic) bond motifs is 2. The molecule has 8 nitrogen and oxygen atoms in total. The van der Waals surface area contributed by atoms with Gasteiger partial charge in [0.05, 0.1) is 24.3 Å². The van der Waals surface area contributed by atoms with Crippen molar-refractivity contribution < 1.29 is 37.4 Å². The number of nitrogens with zero attached hydrogens (tertiary/aromatic N) is 2. The number of hydrogen-bond donors (Lipinski definition) is 2. The lowest BCUT2D eigenvalue weighted by atomic mass is 9.94. The molecule has 0 radical (unpaired) electrons. The van der Waals surface area contributed by atoms with Crippen molar-refractivity contribution in [2.45, 2.75) is 38.3 Å². The third-order valence-electron chi connectivity index (χ3n) is 8.80. The third-order valence-corrected chi connectivity index (χ3v) is 8.80. The van der Waals surface area contributed by atoms with Crippen LogP contribution in [0, 0.1) is 0 Å². The van der Waals surface area contributed by atoms with Gasteiger partial charge in [-0.15, -0.1) is 0 Å². The summed E-state index contributed by atoms with van der Waals surface area (Å²) in [6, 6.07) is 16.0. The van der Waals surface area contributed by atoms with Crippen LogP contribution in [0.15, 0.2) is 60.7 Å². The number of benzene rings is 3. The highest BCUT2D eigenvalue weighted by Gasteiger charge is 2.36. The van der Waals surface area contributed by atoms with Gasteiger partial charge >= 0.3 is 12.1 Å². The normalized spacial score (nSPS) is 15.6. The fraction of sp³-hybridized carbons (Fsp3) is 0.343. The second-order valence-electron chi connectivity index (χ2n) is 11.7. The van der Waals surface area contributed by atoms with Crippen molar-refractivity contribution in [2.75, 3.05) is 44.3 Å². The highest BCUT2D eigenvalue weighted by molar-refractivity contribution is 6.04. The van der Waals surface area contributed by atoms with E-state index < -0.39 is 23.6 Å². The number of morpholine rings is 1. The number of aromatic amines is 1. The van der Waals surface area contributed by atoms with Crippen LogP contribution in [0.2, 0.25) is 0 Å². The number of aromatic carboxylic acids is 1. The van der Waals surface area contributed by atoms with Gasteiger partial charge in [-0.25, -0.2) is 4.79 Å². The highest BCUT2D eigenvalue weighted by Crippen LogP contribution is 2.41. The molecule has 1 fully saturated rings. The average molecular weight is 634 g/mol. The number of carbonyl (C=O) groups excluding carboxylic acids is 2. The number of carboxylic acids is 1. The molecular formula is C35H34F3N3O5. The van der Waals surface area contributed by atoms with Crippen molar-refractivity contribution >= 4 is 34.3 Å². The van der Waals surface area contributed by atoms with Crippen LogP contribution in [0.4, 0.5) is 18.9 Å². The van der Waals surface area contributed by atoms with Crippen molar-refractivity contribution in [1.29, 1.82) is 0 Å². The van der Waals surface area contributed by atoms with Crippen LogP contribution in [0.3, 0.4) is 0 Å². The number of Topliss-reactive ketones (excluding diaryl/α,β-unsaturated/α-hetero) is 1. The molecule has 0 atom stereocenters. The maximum Gasteiger partial charge on any atom is 0.417 e. The molecule has 1 saturated heterocycles. The number of rotatable bonds is 8. The second-order valence-corrected chi connectivity index (χ2v) is 11.7. The summed E-state index contributed by atoms with van der Waals surface area (Å²) in [4.78, 5) is 44.4. The molecule has 3 aromatic carbocycles. The number of nitrogens with one attached hydrogen (secondary N) is 1. The van der Waals surface area contributed by atoms with E-state index in [0.717, 1.165) is 31.1 Å². The van der Waals surface area contributed by atoms with Crippen LogP contribution in [0.1, 0.15) is 68.0 Å². The molecule has 46 heavy (non-hydrogen) atoms. The topological polar surface area (TPSA) is 103 Å². The Hall–Kier alpha value is -4.64. The standard InChI is InChI=1S/C35H34F3N3O5/c36-35(37,38)28-21-22(33(43)41-17-19-46-20-18-41)13-14-23(28)24-9-5-10-25-26(32(34(44)45)39-31(24)25)7-3-4-15-40-16-6-12-30(42)27-8-1-2-11-29(27)40/h1-2,5,8-11,13-14,21,39H,3-4,6-7,12,15-20H2,(H,44,45). The van der Waals surface area contributed by atoms with E-state index in [1.165, 1.54) is 23.1 Å². The van der Waals surface area contributed by atoms with E-state index in [0.29, 0.717) is 74.1 Å². The Labute approximate surface area is 263 Å². The summed E-state index contributed by atoms with van der Waals surface area (Å²) >= 11 is 0. The number of halogens is 3. The molecule has 2 aliphatic heterocycles. The zero-order chi connectivity index (χ0) is 32.4. The van der Waals surface area contributed by atoms with Crippen LogP contribution >= 0.6 is 0 Å². The molecular weight excluding hydrogens is 599 g/mol. The third kappa shape index (κ3) is 6.24. The minimum atomic E-state index is -4.76. The molecule has 0 saturated carbocycles. The van der Waals surface area contributed by atoms with Crippen molar-refractivity contribution in [3.8, 4) is 11.1 Å². The van der Waals surface area contributed by atoms with E-state index in [2.05, 4.69) is 9.88 Å². The zero-order valence-corrected chi connectivity index (χ0v) is 25.2. The summed E-state index contributed by atoms with van der Waals surface area (Å²) in [6.07, 6.45) is -1.75. The van der Waals surface area contributed by atoms with Gasteiger partial charge < -0.3 is 24.6 Å². The number of amides is 1. The summed E-state index contributed by atoms with van der Waals surface area (Å²) in [7, 11) is 0. The van der Waals surface area contributed by atoms with E-state index in [1.54, 1.807) is 12.1 Å². The number of H-pyrrole nitrogens is 1. The maximum atomic E-state index is 14.5. The first-order valence-corrected chi connectivity index (χ1v) is 15.5. The lowest BCUT2D eigenvalue weighted by Gasteiger charge is -2.27. The highest BCUT2D eigenvalue weighted by atomic mass is 19.4. The van der Waals surface area contributed by atoms with E-state index in [9.17, 15) is 32.7 Å². The Bertz CT molecular complexity index is 1790. The van der Waals surface area contributed by atoms with Gasteiger partial charge in [-0.1, -0.05) is 36.4 Å². The number of aryl methyl sites for hydroxylation is 1. The average Bonchev–Trinajstić information content (AvgIpc) is 3.36. The number of alkyl halides is 3. The van der Waals surface area contributed by atoms with Gasteiger partial charge in [-0.3, -0.25) is 9.59 Å². The van der Waals surface area contributed by atoms with Gasteiger partial charge in [-0.2, -0.15) is 13.2 Å². The minimum Gasteiger partial charge on any atom is -0.477 e. The van der Waals surface area contributed by atoms with Crippen molar-refractivity contribution in [3.05, 3.63) is 88.6 Å². The van der Waals surface area contributed by atoms with Crippen molar-refractivity contribution in [3.63, 3.8) is 0 Å². The quantitative estimate of drug-likeness (QED) is 0.206. The molecule has 2 N–H and O–H groups in total. The summed E-state index contributed by atoms with van der Waals surface area (Å²) in [6.45, 7) is 2.69. The molecule has 0 spiro atoms. The smallest absolute Gasteiger partial charge is 0.417 e. The second kappa shape index (κ2) is 13.0. The van der Waals surface area contributed by atoms with Crippen LogP contribution in [-0.2, 0) is 17.3 Å². The van der Waals surface area contributed by atoms with E-state index in [4.69, 9.17) is 4.74 Å². The fourth-order valence-corrected chi connectivity index (χ4v) is 6.54. The Morgan fingerprint density at radius 3 is 2.43 bits per heavy atom. The Balaban J connectivity index is 1.28. The number of unbranched alkanes of at least 4 members (excludes halogenated alkanes) is 1. The zero-order valence-electron chi connectivity index (χ0n) is 25.2. The van der Waals surface area contributed by atoms with E-state index >= 15 is 0 Å². The van der Waals surface area contributed by atoms with E-state index in [-0.39, 0.29) is 28.2 Å². The van der Waals surface area contributed by atoms with Gasteiger partial charge in [0.2, 0.25) is 0 Å². The summed E-state index contributed by atoms with van der Waals surface area (Å²) in [5, 5.41) is 10.6. The predicted octanol–water partition coefficient (Wildman–Crippen LogP) is 6.83. The maximum absolute atomic E-state index is 14.5. The van der Waals surface area contributed by atoms with E-state index in [1.807, 2.05) is 24.3 Å². The number of carbonyl (C=O) groups is 3. The fourth-order valence-electron chi connectivity index (χ4n) is 6.54. The molecule has 6 rings (SSSR count). The number of anilines is 1. The van der Waals surface area contributed by atoms with Gasteiger partial charge in [0.15, 0.2) is 5.78 Å². The molecule has 4 aromatic rings. The van der Waals surface area contributed by atoms with Gasteiger partial charge in [0.25, 0.3) is 5.91 Å². The van der Waals surface area contributed by atoms with Crippen LogP contribution in [0.5, 0.6) is 0 Å². The molecule has 11 heteroatoms. The lowest BCUT2D eigenvalue weighted by Crippen LogP contribution is -2.40. The monoisotopic (exact) mass is 633 g/mol. The number of para-hydroxylation sites is 2. The number of aromatic nitrogens is 1. The number of ketones is 1. The van der Waals surface area contributed by atoms with Gasteiger partial charge in [0.1, 0.15) is 5.69 Å². The molecule has 3 heterocycles. The van der Waals surface area contributed by atoms with Gasteiger partial charge in [-0.05, 0) is 61.1 Å². The number of hydrogen-bond acceptors (Lipinski definition) is 5. The molecule has 2 aliphatic rings. The SMILES string of the molecule is O=C1CCCN(CCCCc2c(C(=O)O)[nH]c3c(-c4ccc(C(=O)N5CCOCC5)cc4C(F)(F)F)cccc23)c2ccccc21. The first-order valence-electron chi connectivity index (χ1n) is 15.5. The van der Waals surface area contributed by atoms with Gasteiger partial charge in [0, 0.05) is 60.4 Å². The largest absolute Gasteiger partial charge is 0.477 e. The van der Waals surface area contributed by atoms with Crippen LogP contribution < -0.4 is 4.90 Å². The Morgan fingerprint density at radius 1 is 0.913 bits per heavy atom. The number of ether oxygens (including phenoxy) is 1. The summed E-state index contributed by atoms with van der Waals surface area (Å²) < 4.78 is 48.6. The predicted molar refractivity (Wildman–Crippen MR) is 168 cm³/mol. The first kappa shape index (κ1) is 31.3. The van der Waals surface area contributed by atoms with Crippen molar-refractivity contribution in [2.24, 2.45) is 0 Å². The summed E-state index contributed by atoms with van der Waals surface area (Å²) in [5.41, 5.74) is 1.42. The Kier molecular flexibility index (Phi) is 8.86. The number of carboxylic acid groups (broad SMARTS) is 1. The van der Waals surface area contributed by atoms with Crippen LogP contribution in [0.25, 0.3) is 22.0 Å².